The van der Waals surface area contributed by atoms with Gasteiger partial charge in [0.15, 0.2) is 5.16 Å². The highest BCUT2D eigenvalue weighted by atomic mass is 79.9. The number of fused-ring (bicyclic) bond motifs is 1. The summed E-state index contributed by atoms with van der Waals surface area (Å²) in [5, 5.41) is 0.972. The van der Waals surface area contributed by atoms with Crippen LogP contribution in [-0.2, 0) is 16.1 Å². The number of carbonyl (C=O) groups excluding carboxylic acids is 2. The average molecular weight is 517 g/mol. The molecule has 2 N–H and O–H groups in total. The molecule has 0 aliphatic carbocycles. The van der Waals surface area contributed by atoms with E-state index in [2.05, 4.69) is 31.8 Å². The van der Waals surface area contributed by atoms with Gasteiger partial charge in [0.05, 0.1) is 29.3 Å². The first kappa shape index (κ1) is 22.5. The third-order valence-electron chi connectivity index (χ3n) is 4.99. The molecule has 8 nitrogen and oxygen atoms in total. The Hall–Kier alpha value is -2.69. The second-order valence-corrected chi connectivity index (χ2v) is 9.12. The van der Waals surface area contributed by atoms with Gasteiger partial charge in [-0.05, 0) is 49.2 Å². The molecule has 2 heterocycles. The molecule has 0 radical (unpaired) electrons. The summed E-state index contributed by atoms with van der Waals surface area (Å²) in [5.74, 6) is -0.849. The highest BCUT2D eigenvalue weighted by Crippen LogP contribution is 2.21. The van der Waals surface area contributed by atoms with Gasteiger partial charge in [-0.15, -0.1) is 0 Å². The van der Waals surface area contributed by atoms with E-state index in [0.29, 0.717) is 34.8 Å². The van der Waals surface area contributed by atoms with Crippen molar-refractivity contribution in [3.8, 4) is 0 Å². The summed E-state index contributed by atoms with van der Waals surface area (Å²) in [5.41, 5.74) is 5.63. The van der Waals surface area contributed by atoms with Crippen molar-refractivity contribution in [1.29, 1.82) is 0 Å². The van der Waals surface area contributed by atoms with Crippen molar-refractivity contribution in [2.45, 2.75) is 30.6 Å². The van der Waals surface area contributed by atoms with Crippen molar-refractivity contribution in [3.05, 3.63) is 68.9 Å². The molecule has 1 aromatic heterocycles. The molecule has 0 saturated carbocycles. The summed E-state index contributed by atoms with van der Waals surface area (Å²) >= 11 is 4.45. The molecule has 1 saturated heterocycles. The number of nitrogens with one attached hydrogen (secondary N) is 2. The van der Waals surface area contributed by atoms with Crippen LogP contribution in [-0.4, -0.2) is 39.8 Å². The highest BCUT2D eigenvalue weighted by molar-refractivity contribution is 9.10. The largest absolute Gasteiger partial charge is 0.376 e. The second kappa shape index (κ2) is 10.3. The first-order valence-electron chi connectivity index (χ1n) is 10.1. The molecular weight excluding hydrogens is 496 g/mol. The Morgan fingerprint density at radius 1 is 1.16 bits per heavy atom. The van der Waals surface area contributed by atoms with E-state index in [9.17, 15) is 14.4 Å². The van der Waals surface area contributed by atoms with Gasteiger partial charge in [-0.1, -0.05) is 39.8 Å². The monoisotopic (exact) mass is 516 g/mol. The first-order valence-corrected chi connectivity index (χ1v) is 11.9. The molecule has 1 fully saturated rings. The quantitative estimate of drug-likeness (QED) is 0.296. The summed E-state index contributed by atoms with van der Waals surface area (Å²) in [7, 11) is 0. The predicted molar refractivity (Wildman–Crippen MR) is 125 cm³/mol. The van der Waals surface area contributed by atoms with E-state index in [1.165, 1.54) is 0 Å². The van der Waals surface area contributed by atoms with Crippen molar-refractivity contribution in [3.63, 3.8) is 0 Å². The predicted octanol–water partition coefficient (Wildman–Crippen LogP) is 2.89. The molecule has 1 unspecified atom stereocenters. The number of thioether (sulfide) groups is 1. The first-order chi connectivity index (χ1) is 15.5. The molecule has 4 rings (SSSR count). The van der Waals surface area contributed by atoms with Gasteiger partial charge in [-0.3, -0.25) is 29.8 Å². The lowest BCUT2D eigenvalue weighted by Gasteiger charge is -2.16. The van der Waals surface area contributed by atoms with Crippen LogP contribution in [0, 0.1) is 0 Å². The molecule has 0 spiro atoms. The van der Waals surface area contributed by atoms with E-state index in [1.54, 1.807) is 47.0 Å². The van der Waals surface area contributed by atoms with Gasteiger partial charge in [0.2, 0.25) is 5.91 Å². The lowest BCUT2D eigenvalue weighted by molar-refractivity contribution is -0.119. The Bertz CT molecular complexity index is 1190. The molecule has 1 aliphatic heterocycles. The van der Waals surface area contributed by atoms with E-state index in [4.69, 9.17) is 4.74 Å². The number of halogens is 1. The van der Waals surface area contributed by atoms with Crippen LogP contribution < -0.4 is 16.4 Å². The van der Waals surface area contributed by atoms with E-state index < -0.39 is 11.8 Å². The molecule has 1 atom stereocenters. The standard InChI is InChI=1S/C22H21BrN4O4S/c23-15-9-7-14(8-10-15)20(29)26-25-19(28)13-32-22-24-18-6-2-1-5-17(18)21(30)27(22)12-16-4-3-11-31-16/h1-2,5-10,16H,3-4,11-13H2,(H,25,28)(H,26,29). The lowest BCUT2D eigenvalue weighted by atomic mass is 10.2. The Morgan fingerprint density at radius 3 is 2.69 bits per heavy atom. The molecule has 2 amide bonds. The number of para-hydroxylation sites is 1. The number of hydrogen-bond donors (Lipinski definition) is 2. The van der Waals surface area contributed by atoms with Crippen molar-refractivity contribution < 1.29 is 14.3 Å². The Labute approximate surface area is 196 Å². The SMILES string of the molecule is O=C(CSc1nc2ccccc2c(=O)n1CC1CCCO1)NNC(=O)c1ccc(Br)cc1. The molecule has 166 valence electrons. The number of carbonyl (C=O) groups is 2. The smallest absolute Gasteiger partial charge is 0.269 e. The number of hydrazine groups is 1. The minimum Gasteiger partial charge on any atom is -0.376 e. The minimum atomic E-state index is -0.421. The zero-order chi connectivity index (χ0) is 22.5. The summed E-state index contributed by atoms with van der Waals surface area (Å²) in [6.07, 6.45) is 1.80. The van der Waals surface area contributed by atoms with Gasteiger partial charge in [-0.2, -0.15) is 0 Å². The van der Waals surface area contributed by atoms with Crippen LogP contribution in [0.5, 0.6) is 0 Å². The average Bonchev–Trinajstić information content (AvgIpc) is 3.32. The fourth-order valence-corrected chi connectivity index (χ4v) is 4.45. The summed E-state index contributed by atoms with van der Waals surface area (Å²) < 4.78 is 8.13. The van der Waals surface area contributed by atoms with Crippen LogP contribution in [0.1, 0.15) is 23.2 Å². The van der Waals surface area contributed by atoms with Crippen molar-refractivity contribution in [1.82, 2.24) is 20.4 Å². The van der Waals surface area contributed by atoms with Crippen molar-refractivity contribution in [2.24, 2.45) is 0 Å². The van der Waals surface area contributed by atoms with Crippen LogP contribution >= 0.6 is 27.7 Å². The molecule has 32 heavy (non-hydrogen) atoms. The Kier molecular flexibility index (Phi) is 7.23. The van der Waals surface area contributed by atoms with E-state index in [1.807, 2.05) is 6.07 Å². The van der Waals surface area contributed by atoms with Crippen LogP contribution in [0.25, 0.3) is 10.9 Å². The molecular formula is C22H21BrN4O4S. The Morgan fingerprint density at radius 2 is 1.94 bits per heavy atom. The number of nitrogens with zero attached hydrogens (tertiary/aromatic N) is 2. The maximum atomic E-state index is 13.1. The normalized spacial score (nSPS) is 15.6. The van der Waals surface area contributed by atoms with Crippen LogP contribution in [0.4, 0.5) is 0 Å². The molecule has 10 heteroatoms. The number of amides is 2. The van der Waals surface area contributed by atoms with E-state index >= 15 is 0 Å². The zero-order valence-corrected chi connectivity index (χ0v) is 19.4. The molecule has 3 aromatic rings. The van der Waals surface area contributed by atoms with Crippen molar-refractivity contribution >= 4 is 50.4 Å². The van der Waals surface area contributed by atoms with Gasteiger partial charge in [0.1, 0.15) is 0 Å². The molecule has 1 aliphatic rings. The van der Waals surface area contributed by atoms with Crippen molar-refractivity contribution in [2.75, 3.05) is 12.4 Å². The molecule has 2 aromatic carbocycles. The number of benzene rings is 2. The summed E-state index contributed by atoms with van der Waals surface area (Å²) in [4.78, 5) is 42.1. The second-order valence-electron chi connectivity index (χ2n) is 7.26. The van der Waals surface area contributed by atoms with Crippen LogP contribution in [0.15, 0.2) is 63.0 Å². The Balaban J connectivity index is 1.44. The maximum Gasteiger partial charge on any atom is 0.269 e. The zero-order valence-electron chi connectivity index (χ0n) is 17.0. The van der Waals surface area contributed by atoms with Gasteiger partial charge < -0.3 is 4.74 Å². The van der Waals surface area contributed by atoms with E-state index in [-0.39, 0.29) is 17.4 Å². The number of aromatic nitrogens is 2. The highest BCUT2D eigenvalue weighted by Gasteiger charge is 2.20. The fraction of sp³-hybridized carbons (Fsp3) is 0.273. The van der Waals surface area contributed by atoms with Gasteiger partial charge in [-0.25, -0.2) is 4.98 Å². The topological polar surface area (TPSA) is 102 Å². The van der Waals surface area contributed by atoms with Crippen LogP contribution in [0.2, 0.25) is 0 Å². The number of rotatable bonds is 6. The summed E-state index contributed by atoms with van der Waals surface area (Å²) in [6, 6.07) is 13.9. The van der Waals surface area contributed by atoms with Gasteiger partial charge in [0.25, 0.3) is 11.5 Å². The van der Waals surface area contributed by atoms with Gasteiger partial charge in [0, 0.05) is 16.6 Å². The summed E-state index contributed by atoms with van der Waals surface area (Å²) in [6.45, 7) is 1.07. The lowest BCUT2D eigenvalue weighted by Crippen LogP contribution is -2.42. The van der Waals surface area contributed by atoms with Gasteiger partial charge >= 0.3 is 0 Å². The molecule has 0 bridgehead atoms. The van der Waals surface area contributed by atoms with E-state index in [0.717, 1.165) is 29.1 Å². The fourth-order valence-electron chi connectivity index (χ4n) is 3.38. The maximum absolute atomic E-state index is 13.1. The van der Waals surface area contributed by atoms with Crippen LogP contribution in [0.3, 0.4) is 0 Å². The minimum absolute atomic E-state index is 0.0169. The third kappa shape index (κ3) is 5.37. The number of ether oxygens (including phenoxy) is 1. The number of hydrogen-bond acceptors (Lipinski definition) is 6. The third-order valence-corrected chi connectivity index (χ3v) is 6.50.